The molecule has 0 aliphatic heterocycles. The molecule has 6 heteroatoms. The second-order valence-corrected chi connectivity index (χ2v) is 9.30. The van der Waals surface area contributed by atoms with Crippen LogP contribution in [0.15, 0.2) is 65.9 Å². The van der Waals surface area contributed by atoms with E-state index in [1.54, 1.807) is 23.0 Å². The van der Waals surface area contributed by atoms with Crippen molar-refractivity contribution in [3.8, 4) is 16.9 Å². The molecule has 0 aliphatic carbocycles. The van der Waals surface area contributed by atoms with Crippen LogP contribution in [0, 0.1) is 5.82 Å². The maximum atomic E-state index is 13.4. The number of nitrogens with one attached hydrogen (secondary N) is 1. The molecule has 192 valence electrons. The topological polar surface area (TPSA) is 59.3 Å². The molecule has 3 rings (SSSR count). The van der Waals surface area contributed by atoms with Crippen LogP contribution in [0.25, 0.3) is 16.9 Å². The van der Waals surface area contributed by atoms with Crippen LogP contribution in [0.5, 0.6) is 0 Å². The Labute approximate surface area is 214 Å². The molecule has 0 saturated carbocycles. The molecule has 3 aromatic rings. The van der Waals surface area contributed by atoms with Gasteiger partial charge in [-0.2, -0.15) is 10.2 Å². The second-order valence-electron chi connectivity index (χ2n) is 9.30. The average Bonchev–Trinajstić information content (AvgIpc) is 3.32. The third kappa shape index (κ3) is 9.40. The summed E-state index contributed by atoms with van der Waals surface area (Å²) in [4.78, 5) is 12.2. The summed E-state index contributed by atoms with van der Waals surface area (Å²) < 4.78 is 15.2. The van der Waals surface area contributed by atoms with Crippen LogP contribution in [-0.4, -0.2) is 21.9 Å². The summed E-state index contributed by atoms with van der Waals surface area (Å²) in [6, 6.07) is 15.9. The first-order chi connectivity index (χ1) is 17.7. The molecule has 2 aromatic carbocycles. The van der Waals surface area contributed by atoms with Crippen LogP contribution in [0.2, 0.25) is 0 Å². The molecule has 0 unspecified atom stereocenters. The number of rotatable bonds is 16. The Kier molecular flexibility index (Phi) is 11.9. The van der Waals surface area contributed by atoms with Crippen LogP contribution in [0.4, 0.5) is 4.39 Å². The number of hydrogen-bond donors (Lipinski definition) is 1. The average molecular weight is 491 g/mol. The number of nitrogens with zero attached hydrogens (tertiary/aromatic N) is 3. The Bertz CT molecular complexity index is 1060. The van der Waals surface area contributed by atoms with Crippen LogP contribution in [0.1, 0.15) is 89.5 Å². The van der Waals surface area contributed by atoms with Crippen LogP contribution >= 0.6 is 0 Å². The van der Waals surface area contributed by atoms with Crippen molar-refractivity contribution in [2.45, 2.75) is 84.0 Å². The molecule has 0 saturated heterocycles. The normalized spacial score (nSPS) is 11.3. The van der Waals surface area contributed by atoms with Gasteiger partial charge in [0.2, 0.25) is 5.91 Å². The molecule has 0 fully saturated rings. The van der Waals surface area contributed by atoms with Gasteiger partial charge >= 0.3 is 0 Å². The van der Waals surface area contributed by atoms with E-state index in [2.05, 4.69) is 22.5 Å². The molecule has 1 heterocycles. The third-order valence-corrected chi connectivity index (χ3v) is 6.28. The zero-order valence-electron chi connectivity index (χ0n) is 21.5. The van der Waals surface area contributed by atoms with Crippen LogP contribution in [-0.2, 0) is 4.79 Å². The van der Waals surface area contributed by atoms with Gasteiger partial charge in [-0.1, -0.05) is 89.3 Å². The highest BCUT2D eigenvalue weighted by molar-refractivity contribution is 5.89. The molecule has 0 spiro atoms. The van der Waals surface area contributed by atoms with Gasteiger partial charge in [-0.25, -0.2) is 14.5 Å². The van der Waals surface area contributed by atoms with Gasteiger partial charge in [0.1, 0.15) is 11.5 Å². The summed E-state index contributed by atoms with van der Waals surface area (Å²) in [5, 5.41) is 8.85. The lowest BCUT2D eigenvalue weighted by molar-refractivity contribution is -0.121. The second kappa shape index (κ2) is 15.7. The largest absolute Gasteiger partial charge is 0.273 e. The minimum absolute atomic E-state index is 0.0824. The number of halogens is 1. The smallest absolute Gasteiger partial charge is 0.240 e. The summed E-state index contributed by atoms with van der Waals surface area (Å²) in [6.07, 6.45) is 17.7. The Morgan fingerprint density at radius 1 is 0.889 bits per heavy atom. The fourth-order valence-electron chi connectivity index (χ4n) is 4.21. The summed E-state index contributed by atoms with van der Waals surface area (Å²) in [5.74, 6) is -0.382. The highest BCUT2D eigenvalue weighted by Crippen LogP contribution is 2.23. The summed E-state index contributed by atoms with van der Waals surface area (Å²) in [6.45, 7) is 2.25. The molecule has 0 atom stereocenters. The van der Waals surface area contributed by atoms with Gasteiger partial charge in [-0.15, -0.1) is 0 Å². The fraction of sp³-hybridized carbons (Fsp3) is 0.433. The van der Waals surface area contributed by atoms with Gasteiger partial charge in [0.25, 0.3) is 0 Å². The maximum Gasteiger partial charge on any atom is 0.240 e. The first-order valence-corrected chi connectivity index (χ1v) is 13.4. The third-order valence-electron chi connectivity index (χ3n) is 6.28. The van der Waals surface area contributed by atoms with E-state index in [-0.39, 0.29) is 11.7 Å². The van der Waals surface area contributed by atoms with E-state index in [1.165, 1.54) is 69.9 Å². The van der Waals surface area contributed by atoms with Crippen LogP contribution < -0.4 is 5.43 Å². The highest BCUT2D eigenvalue weighted by Gasteiger charge is 2.11. The van der Waals surface area contributed by atoms with Crippen LogP contribution in [0.3, 0.4) is 0 Å². The minimum Gasteiger partial charge on any atom is -0.273 e. The number of benzene rings is 2. The number of unbranched alkanes of at least 4 members (excludes halogenated alkanes) is 10. The first-order valence-electron chi connectivity index (χ1n) is 13.4. The zero-order chi connectivity index (χ0) is 25.4. The number of amides is 1. The molecule has 0 bridgehead atoms. The summed E-state index contributed by atoms with van der Waals surface area (Å²) in [5.41, 5.74) is 5.72. The van der Waals surface area contributed by atoms with Crippen molar-refractivity contribution >= 4 is 12.1 Å². The number of aromatic nitrogens is 2. The standard InChI is InChI=1S/C30H39FN4O/c1-2-3-4-5-6-7-8-9-10-11-15-18-29(36)33-32-23-26-24-35(28-16-13-12-14-17-28)34-30(26)25-19-21-27(31)22-20-25/h12-14,16-17,19-24H,2-11,15,18H2,1H3,(H,33,36)/b32-23-. The van der Waals surface area contributed by atoms with Crippen molar-refractivity contribution in [2.75, 3.05) is 0 Å². The Morgan fingerprint density at radius 3 is 2.14 bits per heavy atom. The van der Waals surface area contributed by atoms with Gasteiger partial charge in [0.15, 0.2) is 0 Å². The molecule has 0 aliphatic rings. The molecule has 5 nitrogen and oxygen atoms in total. The maximum absolute atomic E-state index is 13.4. The van der Waals surface area contributed by atoms with Crippen molar-refractivity contribution in [3.05, 3.63) is 72.2 Å². The summed E-state index contributed by atoms with van der Waals surface area (Å²) >= 11 is 0. The Morgan fingerprint density at radius 2 is 1.50 bits per heavy atom. The molecular formula is C30H39FN4O. The van der Waals surface area contributed by atoms with Crippen molar-refractivity contribution in [1.29, 1.82) is 0 Å². The highest BCUT2D eigenvalue weighted by atomic mass is 19.1. The molecular weight excluding hydrogens is 451 g/mol. The number of para-hydroxylation sites is 1. The number of hydrazone groups is 1. The van der Waals surface area contributed by atoms with E-state index >= 15 is 0 Å². The number of carbonyl (C=O) groups is 1. The van der Waals surface area contributed by atoms with E-state index in [9.17, 15) is 9.18 Å². The quantitative estimate of drug-likeness (QED) is 0.126. The molecule has 1 amide bonds. The lowest BCUT2D eigenvalue weighted by Crippen LogP contribution is -2.16. The SMILES string of the molecule is CCCCCCCCCCCCCC(=O)N/N=C\c1cn(-c2ccccc2)nc1-c1ccc(F)cc1. The van der Waals surface area contributed by atoms with Gasteiger partial charge in [0.05, 0.1) is 11.9 Å². The fourth-order valence-corrected chi connectivity index (χ4v) is 4.21. The summed E-state index contributed by atoms with van der Waals surface area (Å²) in [7, 11) is 0. The number of hydrogen-bond acceptors (Lipinski definition) is 3. The van der Waals surface area contributed by atoms with Crippen molar-refractivity contribution in [3.63, 3.8) is 0 Å². The van der Waals surface area contributed by atoms with E-state index in [0.717, 1.165) is 29.7 Å². The molecule has 1 N–H and O–H groups in total. The van der Waals surface area contributed by atoms with E-state index in [4.69, 9.17) is 0 Å². The van der Waals surface area contributed by atoms with Crippen molar-refractivity contribution in [1.82, 2.24) is 15.2 Å². The van der Waals surface area contributed by atoms with E-state index in [0.29, 0.717) is 12.1 Å². The molecule has 36 heavy (non-hydrogen) atoms. The Balaban J connectivity index is 1.44. The lowest BCUT2D eigenvalue weighted by Gasteiger charge is -2.03. The van der Waals surface area contributed by atoms with Crippen molar-refractivity contribution in [2.24, 2.45) is 5.10 Å². The first kappa shape index (κ1) is 27.3. The number of carbonyl (C=O) groups excluding carboxylic acids is 1. The van der Waals surface area contributed by atoms with Gasteiger partial charge < -0.3 is 0 Å². The molecule has 1 aromatic heterocycles. The van der Waals surface area contributed by atoms with Gasteiger partial charge in [-0.3, -0.25) is 4.79 Å². The van der Waals surface area contributed by atoms with Crippen molar-refractivity contribution < 1.29 is 9.18 Å². The van der Waals surface area contributed by atoms with E-state index in [1.807, 2.05) is 36.5 Å². The van der Waals surface area contributed by atoms with Gasteiger partial charge in [0, 0.05) is 23.7 Å². The monoisotopic (exact) mass is 490 g/mol. The Hall–Kier alpha value is -3.28. The van der Waals surface area contributed by atoms with Gasteiger partial charge in [-0.05, 0) is 42.8 Å². The lowest BCUT2D eigenvalue weighted by atomic mass is 10.1. The predicted octanol–water partition coefficient (Wildman–Crippen LogP) is 7.83. The van der Waals surface area contributed by atoms with E-state index < -0.39 is 0 Å². The predicted molar refractivity (Wildman–Crippen MR) is 146 cm³/mol. The molecule has 0 radical (unpaired) electrons. The minimum atomic E-state index is -0.300. The zero-order valence-corrected chi connectivity index (χ0v) is 21.5.